The fraction of sp³-hybridized carbons (Fsp3) is 0.0769. The van der Waals surface area contributed by atoms with Gasteiger partial charge >= 0.3 is 0 Å². The molecule has 108 valence electrons. The van der Waals surface area contributed by atoms with Crippen LogP contribution in [0.25, 0.3) is 0 Å². The second-order valence-corrected chi connectivity index (χ2v) is 6.57. The van der Waals surface area contributed by atoms with Gasteiger partial charge in [0.1, 0.15) is 4.90 Å². The Morgan fingerprint density at radius 1 is 1.29 bits per heavy atom. The maximum atomic E-state index is 12.4. The molecule has 1 aromatic heterocycles. The first-order valence-corrected chi connectivity index (χ1v) is 7.92. The maximum Gasteiger partial charge on any atom is 0.263 e. The van der Waals surface area contributed by atoms with Crippen molar-refractivity contribution in [1.82, 2.24) is 4.98 Å². The van der Waals surface area contributed by atoms with Gasteiger partial charge in [0, 0.05) is 6.20 Å². The van der Waals surface area contributed by atoms with Crippen LogP contribution in [0.5, 0.6) is 0 Å². The third-order valence-corrected chi connectivity index (χ3v) is 4.82. The summed E-state index contributed by atoms with van der Waals surface area (Å²) in [6.45, 7) is 1.70. The Morgan fingerprint density at radius 3 is 2.57 bits per heavy atom. The van der Waals surface area contributed by atoms with E-state index < -0.39 is 10.0 Å². The van der Waals surface area contributed by atoms with Crippen molar-refractivity contribution in [2.45, 2.75) is 11.8 Å². The van der Waals surface area contributed by atoms with E-state index >= 15 is 0 Å². The summed E-state index contributed by atoms with van der Waals surface area (Å²) in [4.78, 5) is 3.69. The highest BCUT2D eigenvalue weighted by molar-refractivity contribution is 7.92. The molecule has 1 N–H and O–H groups in total. The second-order valence-electron chi connectivity index (χ2n) is 4.16. The summed E-state index contributed by atoms with van der Waals surface area (Å²) in [6, 6.07) is 7.44. The van der Waals surface area contributed by atoms with Crippen molar-refractivity contribution in [2.75, 3.05) is 4.72 Å². The zero-order chi connectivity index (χ0) is 15.6. The van der Waals surface area contributed by atoms with Crippen LogP contribution in [0.2, 0.25) is 10.2 Å². The number of anilines is 1. The van der Waals surface area contributed by atoms with Crippen LogP contribution in [0, 0.1) is 18.3 Å². The number of hydrogen-bond acceptors (Lipinski definition) is 4. The average molecular weight is 342 g/mol. The van der Waals surface area contributed by atoms with Gasteiger partial charge in [0.05, 0.1) is 22.3 Å². The number of sulfonamides is 1. The highest BCUT2D eigenvalue weighted by Crippen LogP contribution is 2.29. The largest absolute Gasteiger partial charge is 0.276 e. The molecule has 8 heteroatoms. The summed E-state index contributed by atoms with van der Waals surface area (Å²) in [7, 11) is -3.93. The van der Waals surface area contributed by atoms with Crippen LogP contribution in [-0.2, 0) is 10.0 Å². The number of nitrogens with zero attached hydrogens (tertiary/aromatic N) is 2. The molecule has 2 aromatic rings. The zero-order valence-electron chi connectivity index (χ0n) is 10.8. The molecule has 0 aliphatic rings. The molecule has 1 heterocycles. The lowest BCUT2D eigenvalue weighted by atomic mass is 10.2. The molecular formula is C13H9Cl2N3O2S. The van der Waals surface area contributed by atoms with Crippen molar-refractivity contribution in [3.8, 4) is 6.07 Å². The monoisotopic (exact) mass is 341 g/mol. The highest BCUT2D eigenvalue weighted by atomic mass is 35.5. The summed E-state index contributed by atoms with van der Waals surface area (Å²) in [5, 5.41) is 8.77. The van der Waals surface area contributed by atoms with E-state index in [0.29, 0.717) is 5.56 Å². The van der Waals surface area contributed by atoms with E-state index in [9.17, 15) is 8.42 Å². The fourth-order valence-electron chi connectivity index (χ4n) is 1.63. The number of nitrogens with one attached hydrogen (secondary N) is 1. The van der Waals surface area contributed by atoms with Crippen LogP contribution >= 0.6 is 23.2 Å². The number of halogens is 2. The van der Waals surface area contributed by atoms with Gasteiger partial charge in [-0.25, -0.2) is 13.4 Å². The second kappa shape index (κ2) is 5.90. The van der Waals surface area contributed by atoms with E-state index in [1.807, 2.05) is 6.07 Å². The van der Waals surface area contributed by atoms with Crippen molar-refractivity contribution in [2.24, 2.45) is 0 Å². The molecule has 0 fully saturated rings. The molecule has 0 spiro atoms. The van der Waals surface area contributed by atoms with Gasteiger partial charge in [-0.3, -0.25) is 4.72 Å². The van der Waals surface area contributed by atoms with E-state index in [2.05, 4.69) is 9.71 Å². The van der Waals surface area contributed by atoms with Gasteiger partial charge in [0.15, 0.2) is 5.15 Å². The molecule has 0 saturated heterocycles. The molecule has 0 amide bonds. The SMILES string of the molecule is Cc1ccnc(Cl)c1NS(=O)(=O)c1ccc(C#N)cc1Cl. The van der Waals surface area contributed by atoms with Crippen LogP contribution in [0.4, 0.5) is 5.69 Å². The fourth-order valence-corrected chi connectivity index (χ4v) is 3.62. The van der Waals surface area contributed by atoms with E-state index in [1.54, 1.807) is 13.0 Å². The summed E-state index contributed by atoms with van der Waals surface area (Å²) in [5.74, 6) is 0. The molecule has 0 atom stereocenters. The van der Waals surface area contributed by atoms with Gasteiger partial charge in [-0.05, 0) is 36.8 Å². The van der Waals surface area contributed by atoms with Crippen LogP contribution in [0.15, 0.2) is 35.4 Å². The number of aryl methyl sites for hydroxylation is 1. The van der Waals surface area contributed by atoms with E-state index in [4.69, 9.17) is 28.5 Å². The summed E-state index contributed by atoms with van der Waals surface area (Å²) in [5.41, 5.74) is 1.09. The van der Waals surface area contributed by atoms with Crippen molar-refractivity contribution in [1.29, 1.82) is 5.26 Å². The molecule has 21 heavy (non-hydrogen) atoms. The topological polar surface area (TPSA) is 82.8 Å². The van der Waals surface area contributed by atoms with Gasteiger partial charge in [0.25, 0.3) is 10.0 Å². The molecule has 5 nitrogen and oxygen atoms in total. The van der Waals surface area contributed by atoms with Crippen LogP contribution in [0.1, 0.15) is 11.1 Å². The van der Waals surface area contributed by atoms with Crippen molar-refractivity contribution >= 4 is 38.9 Å². The van der Waals surface area contributed by atoms with Crippen molar-refractivity contribution in [3.63, 3.8) is 0 Å². The quantitative estimate of drug-likeness (QED) is 0.867. The Morgan fingerprint density at radius 2 is 2.00 bits per heavy atom. The van der Waals surface area contributed by atoms with Gasteiger partial charge in [-0.1, -0.05) is 23.2 Å². The number of benzene rings is 1. The lowest BCUT2D eigenvalue weighted by Crippen LogP contribution is -2.15. The number of aromatic nitrogens is 1. The van der Waals surface area contributed by atoms with Crippen molar-refractivity contribution < 1.29 is 8.42 Å². The third kappa shape index (κ3) is 3.27. The molecule has 0 aliphatic heterocycles. The van der Waals surface area contributed by atoms with Crippen LogP contribution < -0.4 is 4.72 Å². The molecular weight excluding hydrogens is 333 g/mol. The Hall–Kier alpha value is -1.81. The van der Waals surface area contributed by atoms with E-state index in [-0.39, 0.29) is 26.3 Å². The smallest absolute Gasteiger partial charge is 0.263 e. The summed E-state index contributed by atoms with van der Waals surface area (Å²) in [6.07, 6.45) is 1.48. The number of nitriles is 1. The normalized spacial score (nSPS) is 11.0. The predicted molar refractivity (Wildman–Crippen MR) is 81.0 cm³/mol. The first-order chi connectivity index (χ1) is 9.85. The highest BCUT2D eigenvalue weighted by Gasteiger charge is 2.20. The van der Waals surface area contributed by atoms with Gasteiger partial charge in [0.2, 0.25) is 0 Å². The van der Waals surface area contributed by atoms with Crippen LogP contribution in [-0.4, -0.2) is 13.4 Å². The Bertz CT molecular complexity index is 825. The molecule has 0 bridgehead atoms. The standard InChI is InChI=1S/C13H9Cl2N3O2S/c1-8-4-5-17-13(15)12(8)18-21(19,20)11-3-2-9(7-16)6-10(11)14/h2-6,18H,1H3. The number of rotatable bonds is 3. The van der Waals surface area contributed by atoms with Crippen molar-refractivity contribution in [3.05, 3.63) is 51.8 Å². The molecule has 0 saturated carbocycles. The molecule has 0 unspecified atom stereocenters. The molecule has 2 rings (SSSR count). The van der Waals surface area contributed by atoms with Crippen LogP contribution in [0.3, 0.4) is 0 Å². The number of hydrogen-bond donors (Lipinski definition) is 1. The lowest BCUT2D eigenvalue weighted by Gasteiger charge is -2.12. The Balaban J connectivity index is 2.47. The lowest BCUT2D eigenvalue weighted by molar-refractivity contribution is 0.601. The molecule has 0 aliphatic carbocycles. The summed E-state index contributed by atoms with van der Waals surface area (Å²) >= 11 is 11.8. The minimum atomic E-state index is -3.93. The Kier molecular flexibility index (Phi) is 4.37. The predicted octanol–water partition coefficient (Wildman–Crippen LogP) is 3.37. The maximum absolute atomic E-state index is 12.4. The Labute approximate surface area is 132 Å². The first-order valence-electron chi connectivity index (χ1n) is 5.69. The molecule has 1 aromatic carbocycles. The summed E-state index contributed by atoms with van der Waals surface area (Å²) < 4.78 is 27.1. The van der Waals surface area contributed by atoms with Gasteiger partial charge < -0.3 is 0 Å². The average Bonchev–Trinajstić information content (AvgIpc) is 2.42. The third-order valence-electron chi connectivity index (χ3n) is 2.70. The minimum Gasteiger partial charge on any atom is -0.276 e. The number of pyridine rings is 1. The van der Waals surface area contributed by atoms with E-state index in [1.165, 1.54) is 24.4 Å². The van der Waals surface area contributed by atoms with E-state index in [0.717, 1.165) is 0 Å². The zero-order valence-corrected chi connectivity index (χ0v) is 13.1. The van der Waals surface area contributed by atoms with Gasteiger partial charge in [-0.15, -0.1) is 0 Å². The first kappa shape index (κ1) is 15.6. The molecule has 0 radical (unpaired) electrons. The minimum absolute atomic E-state index is 0.0424. The van der Waals surface area contributed by atoms with Gasteiger partial charge in [-0.2, -0.15) is 5.26 Å².